The lowest BCUT2D eigenvalue weighted by atomic mass is 10.1. The number of H-pyrrole nitrogens is 2. The molecule has 21 nitrogen and oxygen atoms in total. The third-order valence-corrected chi connectivity index (χ3v) is 7.47. The molecule has 6 heterocycles. The highest BCUT2D eigenvalue weighted by Gasteiger charge is 2.45. The Hall–Kier alpha value is -3.90. The van der Waals surface area contributed by atoms with Crippen LogP contribution in [0.5, 0.6) is 0 Å². The monoisotopic (exact) mass is 701 g/mol. The number of aromatic nitrogens is 8. The molecule has 0 saturated carbocycles. The van der Waals surface area contributed by atoms with Crippen LogP contribution in [-0.4, -0.2) is 107 Å². The predicted octanol–water partition coefficient (Wildman–Crippen LogP) is -2.61. The molecular formula is C20H24IN13O8. The highest BCUT2D eigenvalue weighted by molar-refractivity contribution is 14.1. The average molecular weight is 701 g/mol. The second-order valence-electron chi connectivity index (χ2n) is 9.21. The molecule has 42 heavy (non-hydrogen) atoms. The van der Waals surface area contributed by atoms with Crippen LogP contribution in [0.1, 0.15) is 12.5 Å². The molecule has 4 aromatic heterocycles. The van der Waals surface area contributed by atoms with Crippen LogP contribution < -0.4 is 22.6 Å². The number of alkyl halides is 1. The van der Waals surface area contributed by atoms with Gasteiger partial charge in [-0.2, -0.15) is 9.97 Å². The molecule has 224 valence electrons. The van der Waals surface area contributed by atoms with Crippen molar-refractivity contribution < 1.29 is 29.9 Å². The van der Waals surface area contributed by atoms with Crippen LogP contribution in [0.2, 0.25) is 0 Å². The number of hydrogen-bond donors (Lipinski definition) is 8. The fraction of sp³-hybridized carbons (Fsp3) is 0.500. The van der Waals surface area contributed by atoms with Crippen LogP contribution >= 0.6 is 22.6 Å². The third-order valence-electron chi connectivity index (χ3n) is 6.60. The maximum Gasteiger partial charge on any atom is 0.280 e. The standard InChI is InChI=1S/C10H12IN5O4.C10H12N8O4/c11-1-3-5(17)6(18)9(20-3)16-2-13-4-7(16)14-10(12)15-8(4)19;11-10-15-7-4(8(21)16-10)13-2-18(7)9-6(20)5(19)3(22-9)1-14-17-12/h2-3,5-6,9,17-18H,1H2,(H3,12,14,15,19);2-3,5-6,9,19-20H,1H2,(H3,11,15,16,21)/t2*3-,5-,6-,9-/m11/s1. The number of nitrogens with two attached hydrogens (primary N) is 2. The van der Waals surface area contributed by atoms with Gasteiger partial charge >= 0.3 is 0 Å². The summed E-state index contributed by atoms with van der Waals surface area (Å²) in [4.78, 5) is 46.4. The number of ether oxygens (including phenoxy) is 2. The van der Waals surface area contributed by atoms with E-state index in [0.717, 1.165) is 0 Å². The van der Waals surface area contributed by atoms with Crippen molar-refractivity contribution in [2.24, 2.45) is 5.11 Å². The van der Waals surface area contributed by atoms with Crippen LogP contribution in [0.3, 0.4) is 0 Å². The van der Waals surface area contributed by atoms with Crippen molar-refractivity contribution in [3.63, 3.8) is 0 Å². The first-order chi connectivity index (χ1) is 20.0. The molecular weight excluding hydrogens is 677 g/mol. The second kappa shape index (κ2) is 11.8. The summed E-state index contributed by atoms with van der Waals surface area (Å²) in [6.45, 7) is -0.145. The number of azide groups is 1. The number of nitrogens with one attached hydrogen (secondary N) is 2. The van der Waals surface area contributed by atoms with E-state index in [9.17, 15) is 30.0 Å². The lowest BCUT2D eigenvalue weighted by Gasteiger charge is -2.16. The van der Waals surface area contributed by atoms with Gasteiger partial charge in [0.25, 0.3) is 11.1 Å². The number of anilines is 2. The van der Waals surface area contributed by atoms with E-state index in [0.29, 0.717) is 4.43 Å². The Kier molecular flexibility index (Phi) is 8.29. The van der Waals surface area contributed by atoms with Crippen LogP contribution in [-0.2, 0) is 9.47 Å². The molecule has 2 fully saturated rings. The molecule has 8 atom stereocenters. The van der Waals surface area contributed by atoms with Gasteiger partial charge in [0.2, 0.25) is 11.9 Å². The van der Waals surface area contributed by atoms with Gasteiger partial charge in [-0.3, -0.25) is 28.7 Å². The number of nitrogens with zero attached hydrogens (tertiary/aromatic N) is 9. The smallest absolute Gasteiger partial charge is 0.280 e. The van der Waals surface area contributed by atoms with E-state index >= 15 is 0 Å². The largest absolute Gasteiger partial charge is 0.388 e. The van der Waals surface area contributed by atoms with Crippen molar-refractivity contribution in [3.05, 3.63) is 43.8 Å². The van der Waals surface area contributed by atoms with Gasteiger partial charge in [0.05, 0.1) is 31.4 Å². The van der Waals surface area contributed by atoms with E-state index in [1.54, 1.807) is 0 Å². The number of aliphatic hydroxyl groups is 4. The zero-order valence-electron chi connectivity index (χ0n) is 21.2. The van der Waals surface area contributed by atoms with Gasteiger partial charge in [-0.05, 0) is 5.53 Å². The Bertz CT molecular complexity index is 1770. The van der Waals surface area contributed by atoms with Crippen molar-refractivity contribution in [3.8, 4) is 0 Å². The molecule has 0 spiro atoms. The summed E-state index contributed by atoms with van der Waals surface area (Å²) in [5, 5.41) is 43.3. The Balaban J connectivity index is 0.000000169. The zero-order chi connectivity index (χ0) is 30.3. The Labute approximate surface area is 245 Å². The van der Waals surface area contributed by atoms with Gasteiger partial charge in [0.1, 0.15) is 24.4 Å². The van der Waals surface area contributed by atoms with E-state index in [1.165, 1.54) is 21.8 Å². The van der Waals surface area contributed by atoms with Gasteiger partial charge in [0.15, 0.2) is 34.8 Å². The SMILES string of the molecule is Nc1nc2c(ncn2[C@@H]2O[C@H](CI)[C@@H](O)[C@H]2O)c(=O)[nH]1.[N-]=[N+]=NC[C@H]1O[C@@H](n2cnc3c(=O)[nH]c(N)nc32)[C@H](O)[C@@H]1O. The molecule has 4 aromatic rings. The lowest BCUT2D eigenvalue weighted by molar-refractivity contribution is -0.0321. The highest BCUT2D eigenvalue weighted by atomic mass is 127. The average Bonchev–Trinajstić information content (AvgIpc) is 3.70. The van der Waals surface area contributed by atoms with Crippen LogP contribution in [0.25, 0.3) is 32.8 Å². The molecule has 0 aromatic carbocycles. The first-order valence-electron chi connectivity index (χ1n) is 12.1. The van der Waals surface area contributed by atoms with Gasteiger partial charge in [-0.25, -0.2) is 9.97 Å². The van der Waals surface area contributed by atoms with E-state index < -0.39 is 60.2 Å². The first kappa shape index (κ1) is 29.6. The van der Waals surface area contributed by atoms with Gasteiger partial charge in [0, 0.05) is 9.34 Å². The van der Waals surface area contributed by atoms with E-state index in [4.69, 9.17) is 26.5 Å². The van der Waals surface area contributed by atoms with E-state index in [-0.39, 0.29) is 40.8 Å². The molecule has 2 aliphatic rings. The molecule has 2 saturated heterocycles. The number of halogens is 1. The molecule has 0 amide bonds. The van der Waals surface area contributed by atoms with Crippen molar-refractivity contribution in [1.29, 1.82) is 0 Å². The molecule has 0 aliphatic carbocycles. The van der Waals surface area contributed by atoms with Crippen molar-refractivity contribution >= 4 is 56.8 Å². The second-order valence-corrected chi connectivity index (χ2v) is 10.1. The fourth-order valence-electron chi connectivity index (χ4n) is 4.57. The van der Waals surface area contributed by atoms with Crippen molar-refractivity contribution in [2.75, 3.05) is 22.4 Å². The van der Waals surface area contributed by atoms with Crippen molar-refractivity contribution in [1.82, 2.24) is 39.0 Å². The number of aromatic amines is 2. The molecule has 0 radical (unpaired) electrons. The summed E-state index contributed by atoms with van der Waals surface area (Å²) in [5.41, 5.74) is 18.8. The van der Waals surface area contributed by atoms with Crippen LogP contribution in [0, 0.1) is 0 Å². The number of imidazole rings is 2. The highest BCUT2D eigenvalue weighted by Crippen LogP contribution is 2.32. The maximum atomic E-state index is 11.7. The summed E-state index contributed by atoms with van der Waals surface area (Å²) in [6.07, 6.45) is -5.38. The Morgan fingerprint density at radius 3 is 1.76 bits per heavy atom. The summed E-state index contributed by atoms with van der Waals surface area (Å²) in [7, 11) is 0. The third kappa shape index (κ3) is 5.24. The molecule has 0 unspecified atom stereocenters. The molecule has 2 aliphatic heterocycles. The summed E-state index contributed by atoms with van der Waals surface area (Å²) >= 11 is 2.06. The number of nitrogen functional groups attached to an aromatic ring is 2. The molecule has 6 rings (SSSR count). The van der Waals surface area contributed by atoms with Crippen molar-refractivity contribution in [2.45, 2.75) is 49.1 Å². The summed E-state index contributed by atoms with van der Waals surface area (Å²) in [6, 6.07) is 0. The van der Waals surface area contributed by atoms with Gasteiger partial charge < -0.3 is 41.4 Å². The fourth-order valence-corrected chi connectivity index (χ4v) is 5.30. The number of hydrogen-bond acceptors (Lipinski definition) is 15. The van der Waals surface area contributed by atoms with Crippen LogP contribution in [0.15, 0.2) is 27.4 Å². The zero-order valence-corrected chi connectivity index (χ0v) is 23.3. The summed E-state index contributed by atoms with van der Waals surface area (Å²) < 4.78 is 14.3. The minimum atomic E-state index is -1.31. The van der Waals surface area contributed by atoms with E-state index in [1.807, 2.05) is 0 Å². The predicted molar refractivity (Wildman–Crippen MR) is 150 cm³/mol. The Morgan fingerprint density at radius 2 is 1.33 bits per heavy atom. The number of rotatable bonds is 5. The number of fused-ring (bicyclic) bond motifs is 2. The first-order valence-corrected chi connectivity index (χ1v) is 13.6. The minimum Gasteiger partial charge on any atom is -0.388 e. The number of aliphatic hydroxyl groups excluding tert-OH is 4. The van der Waals surface area contributed by atoms with Gasteiger partial charge in [-0.15, -0.1) is 0 Å². The quantitative estimate of drug-likeness (QED) is 0.0348. The molecule has 0 bridgehead atoms. The molecule has 22 heteroatoms. The maximum absolute atomic E-state index is 11.7. The minimum absolute atomic E-state index is 0.0259. The summed E-state index contributed by atoms with van der Waals surface area (Å²) in [5.74, 6) is -0.166. The lowest BCUT2D eigenvalue weighted by Crippen LogP contribution is -2.32. The Morgan fingerprint density at radius 1 is 0.881 bits per heavy atom. The van der Waals surface area contributed by atoms with Crippen LogP contribution in [0.4, 0.5) is 11.9 Å². The normalized spacial score (nSPS) is 29.0. The van der Waals surface area contributed by atoms with E-state index in [2.05, 4.69) is 62.5 Å². The topological polar surface area (TPSA) is 327 Å². The molecule has 10 N–H and O–H groups in total. The van der Waals surface area contributed by atoms with Gasteiger partial charge in [-0.1, -0.05) is 27.7 Å².